The van der Waals surface area contributed by atoms with Gasteiger partial charge < -0.3 is 5.32 Å². The Kier molecular flexibility index (Phi) is 5.16. The zero-order valence-corrected chi connectivity index (χ0v) is 15.3. The number of anilines is 1. The summed E-state index contributed by atoms with van der Waals surface area (Å²) in [7, 11) is 1.26. The van der Waals surface area contributed by atoms with E-state index in [2.05, 4.69) is 15.5 Å². The van der Waals surface area contributed by atoms with Gasteiger partial charge in [0, 0.05) is 35.4 Å². The maximum absolute atomic E-state index is 12.7. The van der Waals surface area contributed by atoms with Crippen molar-refractivity contribution in [2.24, 2.45) is 7.05 Å². The van der Waals surface area contributed by atoms with E-state index >= 15 is 0 Å². The van der Waals surface area contributed by atoms with Crippen molar-refractivity contribution in [3.05, 3.63) is 63.5 Å². The van der Waals surface area contributed by atoms with Crippen molar-refractivity contribution < 1.29 is 18.0 Å². The lowest BCUT2D eigenvalue weighted by molar-refractivity contribution is -0.141. The van der Waals surface area contributed by atoms with Crippen LogP contribution < -0.4 is 5.32 Å². The molecular weight excluding hydrogens is 406 g/mol. The van der Waals surface area contributed by atoms with E-state index in [-0.39, 0.29) is 11.5 Å². The van der Waals surface area contributed by atoms with Gasteiger partial charge in [-0.3, -0.25) is 14.2 Å². The van der Waals surface area contributed by atoms with Crippen LogP contribution in [0.4, 0.5) is 19.0 Å². The minimum Gasteiger partial charge on any atom is -0.304 e. The van der Waals surface area contributed by atoms with E-state index in [4.69, 9.17) is 23.2 Å². The molecule has 2 heterocycles. The van der Waals surface area contributed by atoms with Crippen LogP contribution in [0, 0.1) is 0 Å². The highest BCUT2D eigenvalue weighted by Gasteiger charge is 2.35. The second-order valence-electron chi connectivity index (χ2n) is 5.62. The van der Waals surface area contributed by atoms with E-state index in [1.165, 1.54) is 17.8 Å². The second-order valence-corrected chi connectivity index (χ2v) is 6.47. The molecular formula is C16H12Cl2F3N5O. The van der Waals surface area contributed by atoms with E-state index in [1.54, 1.807) is 24.4 Å². The fourth-order valence-corrected chi connectivity index (χ4v) is 2.81. The van der Waals surface area contributed by atoms with Crippen LogP contribution in [0.5, 0.6) is 0 Å². The van der Waals surface area contributed by atoms with Crippen molar-refractivity contribution in [1.29, 1.82) is 0 Å². The molecule has 3 rings (SSSR count). The third-order valence-corrected chi connectivity index (χ3v) is 4.22. The fraction of sp³-hybridized carbons (Fsp3) is 0.188. The van der Waals surface area contributed by atoms with Gasteiger partial charge in [-0.05, 0) is 17.7 Å². The summed E-state index contributed by atoms with van der Waals surface area (Å²) in [5.41, 5.74) is -0.612. The summed E-state index contributed by atoms with van der Waals surface area (Å²) in [6.45, 7) is 0.329. The predicted octanol–water partition coefficient (Wildman–Crippen LogP) is 4.24. The normalized spacial score (nSPS) is 11.6. The lowest BCUT2D eigenvalue weighted by atomic mass is 10.2. The number of aromatic nitrogens is 4. The van der Waals surface area contributed by atoms with Gasteiger partial charge in [-0.15, -0.1) is 0 Å². The third kappa shape index (κ3) is 4.42. The van der Waals surface area contributed by atoms with Crippen LogP contribution in [0.25, 0.3) is 0 Å². The van der Waals surface area contributed by atoms with Crippen molar-refractivity contribution in [2.75, 3.05) is 5.32 Å². The number of nitrogens with one attached hydrogen (secondary N) is 1. The Morgan fingerprint density at radius 1 is 1.19 bits per heavy atom. The quantitative estimate of drug-likeness (QED) is 0.690. The number of benzene rings is 1. The van der Waals surface area contributed by atoms with E-state index in [0.29, 0.717) is 22.7 Å². The summed E-state index contributed by atoms with van der Waals surface area (Å²) in [6, 6.07) is 7.24. The van der Waals surface area contributed by atoms with Crippen molar-refractivity contribution in [2.45, 2.75) is 12.7 Å². The molecule has 1 aromatic carbocycles. The molecule has 142 valence electrons. The smallest absolute Gasteiger partial charge is 0.304 e. The molecule has 0 aliphatic carbocycles. The molecule has 1 N–H and O–H groups in total. The standard InChI is InChI=1S/C16H12Cl2F3N5O/c1-25-12(7-13(23-25)16(19,20)21)15(27)22-14-4-5-26(24-14)8-9-2-3-10(17)6-11(9)18/h2-7H,8H2,1H3,(H,22,24,27). The molecule has 0 bridgehead atoms. The summed E-state index contributed by atoms with van der Waals surface area (Å²) in [5, 5.41) is 10.9. The molecule has 6 nitrogen and oxygen atoms in total. The van der Waals surface area contributed by atoms with Gasteiger partial charge in [0.25, 0.3) is 5.91 Å². The molecule has 0 atom stereocenters. The van der Waals surface area contributed by atoms with Gasteiger partial charge in [-0.25, -0.2) is 0 Å². The Balaban J connectivity index is 1.72. The summed E-state index contributed by atoms with van der Waals surface area (Å²) in [6.07, 6.45) is -3.03. The molecule has 0 saturated heterocycles. The second kappa shape index (κ2) is 7.24. The molecule has 0 aliphatic heterocycles. The van der Waals surface area contributed by atoms with Gasteiger partial charge in [0.1, 0.15) is 5.69 Å². The monoisotopic (exact) mass is 417 g/mol. The molecule has 0 unspecified atom stereocenters. The van der Waals surface area contributed by atoms with Crippen LogP contribution in [0.15, 0.2) is 36.5 Å². The summed E-state index contributed by atoms with van der Waals surface area (Å²) >= 11 is 12.0. The van der Waals surface area contributed by atoms with Crippen LogP contribution in [0.3, 0.4) is 0 Å². The zero-order valence-electron chi connectivity index (χ0n) is 13.8. The van der Waals surface area contributed by atoms with E-state index in [1.807, 2.05) is 0 Å². The lowest BCUT2D eigenvalue weighted by Crippen LogP contribution is -2.16. The highest BCUT2D eigenvalue weighted by molar-refractivity contribution is 6.35. The number of carbonyl (C=O) groups is 1. The minimum atomic E-state index is -4.63. The van der Waals surface area contributed by atoms with Crippen LogP contribution >= 0.6 is 23.2 Å². The molecule has 3 aromatic rings. The van der Waals surface area contributed by atoms with Gasteiger partial charge in [-0.2, -0.15) is 23.4 Å². The molecule has 27 heavy (non-hydrogen) atoms. The summed E-state index contributed by atoms with van der Waals surface area (Å²) < 4.78 is 40.5. The van der Waals surface area contributed by atoms with Crippen molar-refractivity contribution >= 4 is 34.9 Å². The Morgan fingerprint density at radius 3 is 2.56 bits per heavy atom. The largest absolute Gasteiger partial charge is 0.435 e. The number of hydrogen-bond acceptors (Lipinski definition) is 3. The highest BCUT2D eigenvalue weighted by atomic mass is 35.5. The molecule has 2 aromatic heterocycles. The van der Waals surface area contributed by atoms with E-state index < -0.39 is 17.8 Å². The summed E-state index contributed by atoms with van der Waals surface area (Å²) in [4.78, 5) is 12.2. The Morgan fingerprint density at radius 2 is 1.93 bits per heavy atom. The summed E-state index contributed by atoms with van der Waals surface area (Å²) in [5.74, 6) is -0.574. The average Bonchev–Trinajstić information content (AvgIpc) is 3.16. The van der Waals surface area contributed by atoms with E-state index in [0.717, 1.165) is 10.2 Å². The van der Waals surface area contributed by atoms with Gasteiger partial charge in [-0.1, -0.05) is 29.3 Å². The fourth-order valence-electron chi connectivity index (χ4n) is 2.34. The molecule has 0 radical (unpaired) electrons. The third-order valence-electron chi connectivity index (χ3n) is 3.63. The lowest BCUT2D eigenvalue weighted by Gasteiger charge is -2.05. The first-order valence-corrected chi connectivity index (χ1v) is 8.29. The first kappa shape index (κ1) is 19.2. The van der Waals surface area contributed by atoms with Gasteiger partial charge in [0.15, 0.2) is 11.5 Å². The van der Waals surface area contributed by atoms with E-state index in [9.17, 15) is 18.0 Å². The number of rotatable bonds is 4. The van der Waals surface area contributed by atoms with Crippen LogP contribution in [0.2, 0.25) is 10.0 Å². The number of amides is 1. The van der Waals surface area contributed by atoms with Crippen molar-refractivity contribution in [3.8, 4) is 0 Å². The van der Waals surface area contributed by atoms with Crippen LogP contribution in [-0.4, -0.2) is 25.5 Å². The first-order chi connectivity index (χ1) is 12.6. The Labute approximate surface area is 161 Å². The van der Waals surface area contributed by atoms with Crippen molar-refractivity contribution in [3.63, 3.8) is 0 Å². The predicted molar refractivity (Wildman–Crippen MR) is 94.0 cm³/mol. The Hall–Kier alpha value is -2.52. The SMILES string of the molecule is Cn1nc(C(F)(F)F)cc1C(=O)Nc1ccn(Cc2ccc(Cl)cc2Cl)n1. The molecule has 0 fully saturated rings. The van der Waals surface area contributed by atoms with Gasteiger partial charge in [0.2, 0.25) is 0 Å². The maximum Gasteiger partial charge on any atom is 0.435 e. The molecule has 0 spiro atoms. The van der Waals surface area contributed by atoms with Crippen LogP contribution in [-0.2, 0) is 19.8 Å². The minimum absolute atomic E-state index is 0.180. The average molecular weight is 418 g/mol. The number of hydrogen-bond donors (Lipinski definition) is 1. The van der Waals surface area contributed by atoms with Crippen molar-refractivity contribution in [1.82, 2.24) is 19.6 Å². The maximum atomic E-state index is 12.7. The van der Waals surface area contributed by atoms with Gasteiger partial charge in [0.05, 0.1) is 6.54 Å². The highest BCUT2D eigenvalue weighted by Crippen LogP contribution is 2.28. The molecule has 0 aliphatic rings. The number of carbonyl (C=O) groups excluding carboxylic acids is 1. The van der Waals surface area contributed by atoms with Crippen LogP contribution in [0.1, 0.15) is 21.7 Å². The molecule has 0 saturated carbocycles. The number of aryl methyl sites for hydroxylation is 1. The number of halogens is 5. The number of alkyl halides is 3. The Bertz CT molecular complexity index is 996. The first-order valence-electron chi connectivity index (χ1n) is 7.53. The number of nitrogens with zero attached hydrogens (tertiary/aromatic N) is 4. The zero-order chi connectivity index (χ0) is 19.8. The van der Waals surface area contributed by atoms with Gasteiger partial charge >= 0.3 is 6.18 Å². The topological polar surface area (TPSA) is 64.7 Å². The molecule has 11 heteroatoms. The molecule has 1 amide bonds.